The number of fused-ring (bicyclic) bond motifs is 1. The van der Waals surface area contributed by atoms with Crippen LogP contribution in [0.3, 0.4) is 0 Å². The molecule has 0 radical (unpaired) electrons. The van der Waals surface area contributed by atoms with Crippen LogP contribution in [0, 0.1) is 17.5 Å². The largest absolute Gasteiger partial charge is 0.454 e. The molecule has 39 heavy (non-hydrogen) atoms. The van der Waals surface area contributed by atoms with Crippen molar-refractivity contribution in [3.05, 3.63) is 111 Å². The van der Waals surface area contributed by atoms with Crippen LogP contribution in [0.4, 0.5) is 18.9 Å². The van der Waals surface area contributed by atoms with Crippen LogP contribution in [0.1, 0.15) is 5.56 Å². The fraction of sp³-hybridized carbons (Fsp3) is 0.0741. The van der Waals surface area contributed by atoms with Crippen molar-refractivity contribution in [1.29, 1.82) is 0 Å². The van der Waals surface area contributed by atoms with Crippen molar-refractivity contribution < 1.29 is 26.3 Å². The second-order valence-electron chi connectivity index (χ2n) is 8.71. The van der Waals surface area contributed by atoms with Gasteiger partial charge in [-0.3, -0.25) is 9.52 Å². The predicted octanol–water partition coefficient (Wildman–Crippen LogP) is 6.34. The quantitative estimate of drug-likeness (QED) is 0.238. The number of aromatic nitrogens is 2. The second-order valence-corrected chi connectivity index (χ2v) is 10.8. The van der Waals surface area contributed by atoms with Crippen LogP contribution in [0.25, 0.3) is 22.0 Å². The Bertz CT molecular complexity index is 1900. The number of hydrogen-bond donors (Lipinski definition) is 2. The van der Waals surface area contributed by atoms with Gasteiger partial charge in [0, 0.05) is 52.7 Å². The van der Waals surface area contributed by atoms with Gasteiger partial charge in [-0.05, 0) is 60.2 Å². The third-order valence-corrected chi connectivity index (χ3v) is 7.52. The Morgan fingerprint density at radius 2 is 1.67 bits per heavy atom. The van der Waals surface area contributed by atoms with E-state index in [-0.39, 0.29) is 33.3 Å². The zero-order valence-electron chi connectivity index (χ0n) is 20.1. The molecule has 0 saturated heterocycles. The SMILES string of the molecule is Cn1cc(-c2cc(NS(=O)(=O)Cc3cc(F)ccc3Cl)ccc2Oc2ccc(F)cc2F)c2cc[nH]c(=O)c21. The molecule has 0 saturated carbocycles. The predicted molar refractivity (Wildman–Crippen MR) is 143 cm³/mol. The van der Waals surface area contributed by atoms with Gasteiger partial charge in [0.1, 0.15) is 22.9 Å². The van der Waals surface area contributed by atoms with E-state index in [1.807, 2.05) is 0 Å². The Morgan fingerprint density at radius 1 is 0.949 bits per heavy atom. The lowest BCUT2D eigenvalue weighted by Gasteiger charge is -2.15. The molecule has 2 aromatic heterocycles. The summed E-state index contributed by atoms with van der Waals surface area (Å²) in [5, 5.41) is 0.616. The zero-order valence-corrected chi connectivity index (χ0v) is 21.7. The number of sulfonamides is 1. The Kier molecular flexibility index (Phi) is 6.87. The molecule has 0 aliphatic heterocycles. The van der Waals surface area contributed by atoms with Crippen LogP contribution in [0.15, 0.2) is 77.9 Å². The van der Waals surface area contributed by atoms with E-state index < -0.39 is 33.2 Å². The standard InChI is InChI=1S/C27H19ClF3N3O4S/c1-34-13-21(19-8-9-32-27(35)26(19)34)20-12-18(4-7-24(20)38-25-6-3-17(30)11-23(25)31)33-39(36,37)14-15-10-16(29)2-5-22(15)28/h2-13,33H,14H2,1H3,(H,32,35). The van der Waals surface area contributed by atoms with Gasteiger partial charge in [-0.2, -0.15) is 0 Å². The third kappa shape index (κ3) is 5.50. The highest BCUT2D eigenvalue weighted by molar-refractivity contribution is 7.91. The van der Waals surface area contributed by atoms with E-state index in [2.05, 4.69) is 9.71 Å². The molecule has 0 bridgehead atoms. The molecule has 3 aromatic carbocycles. The van der Waals surface area contributed by atoms with Gasteiger partial charge in [-0.25, -0.2) is 21.6 Å². The molecule has 5 aromatic rings. The number of aromatic amines is 1. The van der Waals surface area contributed by atoms with Gasteiger partial charge in [0.15, 0.2) is 11.6 Å². The van der Waals surface area contributed by atoms with Crippen molar-refractivity contribution in [2.24, 2.45) is 7.05 Å². The van der Waals surface area contributed by atoms with Crippen molar-refractivity contribution in [2.75, 3.05) is 4.72 Å². The highest BCUT2D eigenvalue weighted by Crippen LogP contribution is 2.40. The number of aryl methyl sites for hydroxylation is 1. The van der Waals surface area contributed by atoms with E-state index in [1.54, 1.807) is 23.9 Å². The number of nitrogens with one attached hydrogen (secondary N) is 2. The van der Waals surface area contributed by atoms with Crippen LogP contribution in [-0.2, 0) is 22.8 Å². The summed E-state index contributed by atoms with van der Waals surface area (Å²) in [6, 6.07) is 12.2. The Balaban J connectivity index is 1.59. The molecular weight excluding hydrogens is 555 g/mol. The summed E-state index contributed by atoms with van der Waals surface area (Å²) in [4.78, 5) is 15.1. The molecule has 0 fully saturated rings. The molecule has 0 aliphatic rings. The van der Waals surface area contributed by atoms with Crippen molar-refractivity contribution in [1.82, 2.24) is 9.55 Å². The Morgan fingerprint density at radius 3 is 2.44 bits per heavy atom. The van der Waals surface area contributed by atoms with Crippen LogP contribution in [-0.4, -0.2) is 18.0 Å². The lowest BCUT2D eigenvalue weighted by Crippen LogP contribution is -2.15. The first-order chi connectivity index (χ1) is 18.5. The van der Waals surface area contributed by atoms with Crippen LogP contribution >= 0.6 is 11.6 Å². The van der Waals surface area contributed by atoms with E-state index >= 15 is 0 Å². The maximum atomic E-state index is 14.4. The normalized spacial score (nSPS) is 11.6. The first-order valence-corrected chi connectivity index (χ1v) is 13.4. The average Bonchev–Trinajstić information content (AvgIpc) is 3.21. The monoisotopic (exact) mass is 573 g/mol. The molecule has 12 heteroatoms. The van der Waals surface area contributed by atoms with Crippen molar-refractivity contribution in [3.63, 3.8) is 0 Å². The van der Waals surface area contributed by atoms with Crippen LogP contribution in [0.2, 0.25) is 5.02 Å². The van der Waals surface area contributed by atoms with Gasteiger partial charge in [0.2, 0.25) is 10.0 Å². The molecule has 0 aliphatic carbocycles. The number of anilines is 1. The smallest absolute Gasteiger partial charge is 0.272 e. The summed E-state index contributed by atoms with van der Waals surface area (Å²) in [6.45, 7) is 0. The van der Waals surface area contributed by atoms with Gasteiger partial charge in [0.25, 0.3) is 5.56 Å². The van der Waals surface area contributed by atoms with E-state index in [9.17, 15) is 26.4 Å². The van der Waals surface area contributed by atoms with E-state index in [0.29, 0.717) is 28.1 Å². The highest BCUT2D eigenvalue weighted by atomic mass is 35.5. The molecule has 7 nitrogen and oxygen atoms in total. The summed E-state index contributed by atoms with van der Waals surface area (Å²) in [7, 11) is -2.39. The molecule has 5 rings (SSSR count). The number of benzene rings is 3. The van der Waals surface area contributed by atoms with Gasteiger partial charge < -0.3 is 14.3 Å². The number of rotatable bonds is 7. The van der Waals surface area contributed by atoms with Gasteiger partial charge >= 0.3 is 0 Å². The summed E-state index contributed by atoms with van der Waals surface area (Å²) < 4.78 is 77.2. The molecule has 0 spiro atoms. The highest BCUT2D eigenvalue weighted by Gasteiger charge is 2.20. The maximum Gasteiger partial charge on any atom is 0.272 e. The first-order valence-electron chi connectivity index (χ1n) is 11.4. The van der Waals surface area contributed by atoms with Gasteiger partial charge in [-0.15, -0.1) is 0 Å². The minimum absolute atomic E-state index is 0.0735. The topological polar surface area (TPSA) is 93.2 Å². The minimum Gasteiger partial charge on any atom is -0.454 e. The lowest BCUT2D eigenvalue weighted by molar-refractivity contribution is 0.439. The number of pyridine rings is 1. The molecule has 200 valence electrons. The number of ether oxygens (including phenoxy) is 1. The number of nitrogens with zero attached hydrogens (tertiary/aromatic N) is 1. The van der Waals surface area contributed by atoms with E-state index in [1.165, 1.54) is 30.5 Å². The molecule has 2 heterocycles. The third-order valence-electron chi connectivity index (χ3n) is 5.91. The van der Waals surface area contributed by atoms with E-state index in [4.69, 9.17) is 16.3 Å². The molecule has 0 amide bonds. The fourth-order valence-corrected chi connectivity index (χ4v) is 5.69. The lowest BCUT2D eigenvalue weighted by atomic mass is 10.0. The zero-order chi connectivity index (χ0) is 27.9. The summed E-state index contributed by atoms with van der Waals surface area (Å²) in [5.41, 5.74) is 0.996. The summed E-state index contributed by atoms with van der Waals surface area (Å²) in [6.07, 6.45) is 3.11. The second kappa shape index (κ2) is 10.2. The van der Waals surface area contributed by atoms with Crippen molar-refractivity contribution in [3.8, 4) is 22.6 Å². The summed E-state index contributed by atoms with van der Waals surface area (Å²) >= 11 is 6.04. The fourth-order valence-electron chi connectivity index (χ4n) is 4.22. The first kappa shape index (κ1) is 26.4. The molecule has 0 unspecified atom stereocenters. The molecular formula is C27H19ClF3N3O4S. The number of H-pyrrole nitrogens is 1. The van der Waals surface area contributed by atoms with Crippen molar-refractivity contribution >= 4 is 38.2 Å². The van der Waals surface area contributed by atoms with Crippen LogP contribution in [0.5, 0.6) is 11.5 Å². The van der Waals surface area contributed by atoms with Gasteiger partial charge in [0.05, 0.1) is 5.75 Å². The maximum absolute atomic E-state index is 14.4. The van der Waals surface area contributed by atoms with Crippen molar-refractivity contribution in [2.45, 2.75) is 5.75 Å². The molecule has 0 atom stereocenters. The molecule has 2 N–H and O–H groups in total. The summed E-state index contributed by atoms with van der Waals surface area (Å²) in [5.74, 6) is -3.09. The number of halogens is 4. The average molecular weight is 574 g/mol. The Labute approximate surface area is 225 Å². The van der Waals surface area contributed by atoms with Gasteiger partial charge in [-0.1, -0.05) is 11.6 Å². The van der Waals surface area contributed by atoms with Crippen LogP contribution < -0.4 is 15.0 Å². The van der Waals surface area contributed by atoms with E-state index in [0.717, 1.165) is 24.3 Å². The Hall–Kier alpha value is -4.22. The minimum atomic E-state index is -4.06. The number of hydrogen-bond acceptors (Lipinski definition) is 4.